The molecular formula is C16H16F3N. The van der Waals surface area contributed by atoms with E-state index in [2.05, 4.69) is 5.32 Å². The van der Waals surface area contributed by atoms with Crippen LogP contribution in [0.5, 0.6) is 0 Å². The van der Waals surface area contributed by atoms with E-state index < -0.39 is 17.7 Å². The number of aryl methyl sites for hydroxylation is 2. The molecule has 0 aliphatic rings. The van der Waals surface area contributed by atoms with Crippen molar-refractivity contribution in [3.05, 3.63) is 70.0 Å². The highest BCUT2D eigenvalue weighted by Gasteiger charge is 2.20. The van der Waals surface area contributed by atoms with E-state index in [0.717, 1.165) is 0 Å². The summed E-state index contributed by atoms with van der Waals surface area (Å²) >= 11 is 0. The Hall–Kier alpha value is -1.81. The van der Waals surface area contributed by atoms with Gasteiger partial charge in [-0.2, -0.15) is 0 Å². The molecule has 1 N–H and O–H groups in total. The van der Waals surface area contributed by atoms with Gasteiger partial charge in [-0.1, -0.05) is 24.3 Å². The van der Waals surface area contributed by atoms with Crippen LogP contribution < -0.4 is 5.32 Å². The van der Waals surface area contributed by atoms with Gasteiger partial charge in [-0.3, -0.25) is 0 Å². The minimum atomic E-state index is -0.869. The van der Waals surface area contributed by atoms with Crippen molar-refractivity contribution < 1.29 is 13.2 Å². The van der Waals surface area contributed by atoms with Crippen LogP contribution in [0.2, 0.25) is 0 Å². The van der Waals surface area contributed by atoms with Crippen molar-refractivity contribution in [2.24, 2.45) is 0 Å². The third-order valence-corrected chi connectivity index (χ3v) is 3.42. The average molecular weight is 279 g/mol. The molecule has 0 aliphatic heterocycles. The molecule has 1 nitrogen and oxygen atoms in total. The Balaban J connectivity index is 2.52. The smallest absolute Gasteiger partial charge is 0.164 e. The molecule has 1 unspecified atom stereocenters. The predicted octanol–water partition coefficient (Wildman–Crippen LogP) is 4.03. The summed E-state index contributed by atoms with van der Waals surface area (Å²) in [5, 5.41) is 2.94. The van der Waals surface area contributed by atoms with Gasteiger partial charge >= 0.3 is 0 Å². The molecule has 1 atom stereocenters. The molecule has 0 heterocycles. The van der Waals surface area contributed by atoms with Crippen molar-refractivity contribution in [2.75, 3.05) is 7.05 Å². The van der Waals surface area contributed by atoms with Gasteiger partial charge in [-0.25, -0.2) is 13.2 Å². The summed E-state index contributed by atoms with van der Waals surface area (Å²) in [6.45, 7) is 3.15. The molecule has 2 aromatic rings. The second-order valence-corrected chi connectivity index (χ2v) is 4.83. The first-order chi connectivity index (χ1) is 9.45. The second kappa shape index (κ2) is 5.67. The van der Waals surface area contributed by atoms with Crippen LogP contribution in [0.25, 0.3) is 0 Å². The van der Waals surface area contributed by atoms with Crippen molar-refractivity contribution >= 4 is 0 Å². The zero-order chi connectivity index (χ0) is 14.9. The fraction of sp³-hybridized carbons (Fsp3) is 0.250. The standard InChI is InChI=1S/C16H16F3N/c1-9-4-6-12(15(19)14(9)18)16(20-3)11-5-7-13(17)10(2)8-11/h4-8,16,20H,1-3H3. The van der Waals surface area contributed by atoms with Gasteiger partial charge in [0.15, 0.2) is 11.6 Å². The molecule has 2 rings (SSSR count). The van der Waals surface area contributed by atoms with E-state index in [0.29, 0.717) is 11.1 Å². The molecule has 20 heavy (non-hydrogen) atoms. The van der Waals surface area contributed by atoms with Crippen molar-refractivity contribution in [2.45, 2.75) is 19.9 Å². The topological polar surface area (TPSA) is 12.0 Å². The van der Waals surface area contributed by atoms with E-state index in [1.165, 1.54) is 19.1 Å². The van der Waals surface area contributed by atoms with Crippen LogP contribution >= 0.6 is 0 Å². The lowest BCUT2D eigenvalue weighted by Gasteiger charge is -2.19. The monoisotopic (exact) mass is 279 g/mol. The lowest BCUT2D eigenvalue weighted by Crippen LogP contribution is -2.20. The van der Waals surface area contributed by atoms with E-state index in [1.807, 2.05) is 0 Å². The summed E-state index contributed by atoms with van der Waals surface area (Å²) in [4.78, 5) is 0. The van der Waals surface area contributed by atoms with Crippen LogP contribution in [0.3, 0.4) is 0 Å². The van der Waals surface area contributed by atoms with Gasteiger partial charge in [0.1, 0.15) is 5.82 Å². The van der Waals surface area contributed by atoms with Crippen LogP contribution in [0.15, 0.2) is 30.3 Å². The maximum absolute atomic E-state index is 14.1. The number of hydrogen-bond acceptors (Lipinski definition) is 1. The molecule has 4 heteroatoms. The molecule has 0 amide bonds. The Kier molecular flexibility index (Phi) is 4.14. The zero-order valence-corrected chi connectivity index (χ0v) is 11.6. The largest absolute Gasteiger partial charge is 0.309 e. The Morgan fingerprint density at radius 2 is 1.60 bits per heavy atom. The van der Waals surface area contributed by atoms with E-state index >= 15 is 0 Å². The van der Waals surface area contributed by atoms with Gasteiger partial charge in [0, 0.05) is 5.56 Å². The van der Waals surface area contributed by atoms with Crippen LogP contribution in [0.1, 0.15) is 28.3 Å². The molecule has 0 aliphatic carbocycles. The van der Waals surface area contributed by atoms with Crippen LogP contribution in [-0.2, 0) is 0 Å². The summed E-state index contributed by atoms with van der Waals surface area (Å²) in [7, 11) is 1.65. The number of nitrogens with one attached hydrogen (secondary N) is 1. The van der Waals surface area contributed by atoms with Crippen molar-refractivity contribution in [3.63, 3.8) is 0 Å². The summed E-state index contributed by atoms with van der Waals surface area (Å²) < 4.78 is 41.1. The minimum absolute atomic E-state index is 0.210. The lowest BCUT2D eigenvalue weighted by atomic mass is 9.96. The molecule has 0 bridgehead atoms. The third-order valence-electron chi connectivity index (χ3n) is 3.42. The highest BCUT2D eigenvalue weighted by atomic mass is 19.2. The summed E-state index contributed by atoms with van der Waals surface area (Å²) in [6, 6.07) is 7.10. The van der Waals surface area contributed by atoms with E-state index in [4.69, 9.17) is 0 Å². The van der Waals surface area contributed by atoms with Crippen LogP contribution in [0, 0.1) is 31.3 Å². The molecule has 2 aromatic carbocycles. The number of halogens is 3. The van der Waals surface area contributed by atoms with Crippen LogP contribution in [-0.4, -0.2) is 7.05 Å². The van der Waals surface area contributed by atoms with E-state index in [9.17, 15) is 13.2 Å². The highest BCUT2D eigenvalue weighted by molar-refractivity contribution is 5.37. The van der Waals surface area contributed by atoms with Crippen LogP contribution in [0.4, 0.5) is 13.2 Å². The molecule has 0 fully saturated rings. The number of rotatable bonds is 3. The molecule has 0 saturated carbocycles. The van der Waals surface area contributed by atoms with E-state index in [1.54, 1.807) is 32.2 Å². The maximum Gasteiger partial charge on any atom is 0.164 e. The second-order valence-electron chi connectivity index (χ2n) is 4.83. The molecular weight excluding hydrogens is 263 g/mol. The molecule has 0 saturated heterocycles. The highest BCUT2D eigenvalue weighted by Crippen LogP contribution is 2.27. The minimum Gasteiger partial charge on any atom is -0.309 e. The van der Waals surface area contributed by atoms with Gasteiger partial charge in [0.2, 0.25) is 0 Å². The van der Waals surface area contributed by atoms with Gasteiger partial charge in [0.25, 0.3) is 0 Å². The molecule has 0 aromatic heterocycles. The normalized spacial score (nSPS) is 12.5. The Morgan fingerprint density at radius 1 is 0.900 bits per heavy atom. The summed E-state index contributed by atoms with van der Waals surface area (Å²) in [5.41, 5.74) is 1.63. The predicted molar refractivity (Wildman–Crippen MR) is 73.1 cm³/mol. The lowest BCUT2D eigenvalue weighted by molar-refractivity contribution is 0.482. The average Bonchev–Trinajstić information content (AvgIpc) is 2.43. The first-order valence-electron chi connectivity index (χ1n) is 6.33. The Morgan fingerprint density at radius 3 is 2.20 bits per heavy atom. The fourth-order valence-electron chi connectivity index (χ4n) is 2.23. The Bertz CT molecular complexity index is 638. The quantitative estimate of drug-likeness (QED) is 0.894. The molecule has 106 valence electrons. The van der Waals surface area contributed by atoms with Crippen molar-refractivity contribution in [3.8, 4) is 0 Å². The fourth-order valence-corrected chi connectivity index (χ4v) is 2.23. The maximum atomic E-state index is 14.1. The van der Waals surface area contributed by atoms with Gasteiger partial charge in [-0.05, 0) is 43.7 Å². The first-order valence-corrected chi connectivity index (χ1v) is 6.33. The van der Waals surface area contributed by atoms with E-state index in [-0.39, 0.29) is 16.9 Å². The van der Waals surface area contributed by atoms with Crippen molar-refractivity contribution in [1.82, 2.24) is 5.32 Å². The third kappa shape index (κ3) is 2.56. The molecule has 0 spiro atoms. The van der Waals surface area contributed by atoms with Gasteiger partial charge < -0.3 is 5.32 Å². The SMILES string of the molecule is CNC(c1ccc(F)c(C)c1)c1ccc(C)c(F)c1F. The Labute approximate surface area is 116 Å². The summed E-state index contributed by atoms with van der Waals surface area (Å²) in [5.74, 6) is -2.04. The van der Waals surface area contributed by atoms with Crippen molar-refractivity contribution in [1.29, 1.82) is 0 Å². The van der Waals surface area contributed by atoms with Gasteiger partial charge in [-0.15, -0.1) is 0 Å². The number of benzene rings is 2. The summed E-state index contributed by atoms with van der Waals surface area (Å²) in [6.07, 6.45) is 0. The van der Waals surface area contributed by atoms with Gasteiger partial charge in [0.05, 0.1) is 6.04 Å². The zero-order valence-electron chi connectivity index (χ0n) is 11.6. The molecule has 0 radical (unpaired) electrons. The number of hydrogen-bond donors (Lipinski definition) is 1. The first kappa shape index (κ1) is 14.6.